The second-order valence-corrected chi connectivity index (χ2v) is 31.0. The molecule has 8 aromatic carbocycles. The molecule has 2 aliphatic heterocycles. The van der Waals surface area contributed by atoms with Crippen LogP contribution in [0.25, 0.3) is 0 Å². The number of hydrazine groups is 1. The molecule has 0 spiro atoms. The summed E-state index contributed by atoms with van der Waals surface area (Å²) in [6.07, 6.45) is 4.00. The zero-order valence-corrected chi connectivity index (χ0v) is 62.1. The fraction of sp³-hybridized carbons (Fsp3) is 0.346. The number of methoxy groups -OCH3 is 1. The quantitative estimate of drug-likeness (QED) is 0.0335. The molecule has 10 nitrogen and oxygen atoms in total. The number of hydrogen-bond donors (Lipinski definition) is 1. The summed E-state index contributed by atoms with van der Waals surface area (Å²) in [5.74, 6) is 1.12. The minimum Gasteiger partial charge on any atom is -0.525 e. The van der Waals surface area contributed by atoms with E-state index in [1.165, 1.54) is 31.8 Å². The first kappa shape index (κ1) is 78.6. The summed E-state index contributed by atoms with van der Waals surface area (Å²) in [4.78, 5) is 36.3. The average molecular weight is 1410 g/mol. The van der Waals surface area contributed by atoms with Crippen molar-refractivity contribution in [3.63, 3.8) is 0 Å². The number of halogens is 1. The molecule has 1 radical (unpaired) electrons. The predicted octanol–water partition coefficient (Wildman–Crippen LogP) is 15.7. The van der Waals surface area contributed by atoms with Crippen LogP contribution in [0.5, 0.6) is 5.75 Å². The second-order valence-electron chi connectivity index (χ2n) is 26.4. The largest absolute Gasteiger partial charge is 0.525 e. The summed E-state index contributed by atoms with van der Waals surface area (Å²) < 4.78 is 28.8. The van der Waals surface area contributed by atoms with Crippen LogP contribution in [0, 0.1) is 26.2 Å². The summed E-state index contributed by atoms with van der Waals surface area (Å²) in [5.41, 5.74) is 6.63. The summed E-state index contributed by atoms with van der Waals surface area (Å²) >= 11 is 4.19. The van der Waals surface area contributed by atoms with Gasteiger partial charge in [0.2, 0.25) is 0 Å². The summed E-state index contributed by atoms with van der Waals surface area (Å²) in [6, 6.07) is 74.0. The minimum atomic E-state index is -0.446. The molecule has 2 aliphatic rings. The van der Waals surface area contributed by atoms with E-state index in [1.54, 1.807) is 12.1 Å². The molecule has 2 fully saturated rings. The number of carbonyl (C=O) groups excluding carboxylic acids is 3. The first-order chi connectivity index (χ1) is 44.2. The Hall–Kier alpha value is -6.09. The maximum Gasteiger partial charge on any atom is 0.457 e. The van der Waals surface area contributed by atoms with E-state index in [-0.39, 0.29) is 72.3 Å². The number of nitrogens with one attached hydrogen (secondary N) is 1. The van der Waals surface area contributed by atoms with Gasteiger partial charge in [0, 0.05) is 36.2 Å². The molecular weight excluding hydrogens is 1310 g/mol. The van der Waals surface area contributed by atoms with E-state index in [0.29, 0.717) is 24.6 Å². The topological polar surface area (TPSA) is 113 Å². The van der Waals surface area contributed by atoms with E-state index in [1.807, 2.05) is 78.8 Å². The maximum absolute atomic E-state index is 14.0. The third-order valence-electron chi connectivity index (χ3n) is 17.3. The molecule has 0 aromatic heterocycles. The molecule has 2 heterocycles. The predicted molar refractivity (Wildman–Crippen MR) is 394 cm³/mol. The number of hydrogen-bond acceptors (Lipinski definition) is 8. The standard InChI is InChI=1S/C35H53BN2O5.2C18H15P.C6H13BO2.CClO.Rh/c1-13-15-29(33(5,6)7)38(32(40)27-21-23(2)20-24(3)22-27)37-31(39)28-18-17-26(30(41-12)25(28)4)16-14-19-36-42-34(8,9)35(10,11)43-36;2*1-4-10-16(11-5-1)19(17-12-6-2-7-13-17)18-14-8-3-9-15-18;1-5(2)6(3,4)9-7-8-5;2-1-3;/h17-18,20-22,29H,13-16,19H2,1-12H3,(H,37,39);2*1-15H;7H,1-4H3;;/q;;;;-1;/t29-;;;;;/m1...../s1. The number of carbonyl (C=O) groups is 2. The molecule has 94 heavy (non-hydrogen) atoms. The van der Waals surface area contributed by atoms with Gasteiger partial charge in [0.25, 0.3) is 11.8 Å². The van der Waals surface area contributed by atoms with Crippen LogP contribution >= 0.6 is 27.4 Å². The first-order valence-electron chi connectivity index (χ1n) is 32.1. The molecule has 2 amide bonds. The number of aryl methyl sites for hydroxylation is 3. The van der Waals surface area contributed by atoms with Crippen LogP contribution in [-0.4, -0.2) is 72.9 Å². The van der Waals surface area contributed by atoms with Crippen molar-refractivity contribution in [2.24, 2.45) is 5.41 Å². The van der Waals surface area contributed by atoms with Crippen molar-refractivity contribution in [1.82, 2.24) is 10.4 Å². The van der Waals surface area contributed by atoms with Crippen molar-refractivity contribution < 1.29 is 57.2 Å². The van der Waals surface area contributed by atoms with Crippen LogP contribution in [0.2, 0.25) is 6.32 Å². The molecule has 499 valence electrons. The average Bonchev–Trinajstić information content (AvgIpc) is 1.40. The molecule has 0 aliphatic carbocycles. The third-order valence-corrected chi connectivity index (χ3v) is 22.2. The Morgan fingerprint density at radius 3 is 1.24 bits per heavy atom. The van der Waals surface area contributed by atoms with Gasteiger partial charge in [-0.2, -0.15) is 5.75 Å². The molecule has 1 atom stereocenters. The van der Waals surface area contributed by atoms with Crippen molar-refractivity contribution in [1.29, 1.82) is 0 Å². The van der Waals surface area contributed by atoms with Crippen molar-refractivity contribution in [3.8, 4) is 5.75 Å². The molecule has 1 N–H and O–H groups in total. The van der Waals surface area contributed by atoms with E-state index in [9.17, 15) is 9.59 Å². The van der Waals surface area contributed by atoms with E-state index in [2.05, 4.69) is 254 Å². The Kier molecular flexibility index (Phi) is 30.8. The van der Waals surface area contributed by atoms with Gasteiger partial charge in [0.15, 0.2) is 0 Å². The van der Waals surface area contributed by atoms with Crippen LogP contribution in [0.4, 0.5) is 0 Å². The zero-order chi connectivity index (χ0) is 68.0. The van der Waals surface area contributed by atoms with Crippen LogP contribution < -0.4 is 42.0 Å². The molecule has 2 saturated heterocycles. The van der Waals surface area contributed by atoms with Gasteiger partial charge < -0.3 is 39.7 Å². The molecule has 0 bridgehead atoms. The summed E-state index contributed by atoms with van der Waals surface area (Å²) in [7, 11) is 0.924. The van der Waals surface area contributed by atoms with E-state index in [0.717, 1.165) is 60.0 Å². The van der Waals surface area contributed by atoms with Crippen molar-refractivity contribution in [3.05, 3.63) is 246 Å². The summed E-state index contributed by atoms with van der Waals surface area (Å²) in [5, 5.41) is 9.95. The SMILES string of the molecule is CC1(C)OBOC1(C)C.CCC[C@@H](N(NC(=O)c1ccc(CCCB2OC(C)(C)C(C)(C)O2)c(OC)c1C)C(=O)c1cc(C)cc(C)c1)C(C)(C)C.O=[C-]Cl.[Rh].c1ccc(P(c2ccccc2)c2ccccc2)cc1.c1ccc(P(c2ccccc2)c2ccccc2)cc1. The smallest absolute Gasteiger partial charge is 0.457 e. The Bertz CT molecular complexity index is 3230. The number of ether oxygens (including phenoxy) is 1. The molecule has 10 rings (SSSR count). The fourth-order valence-corrected chi connectivity index (χ4v) is 15.6. The molecule has 0 unspecified atom stereocenters. The Morgan fingerprint density at radius 1 is 0.596 bits per heavy atom. The Balaban J connectivity index is 0.000000256. The fourth-order valence-electron chi connectivity index (χ4n) is 10.9. The van der Waals surface area contributed by atoms with Crippen LogP contribution in [0.3, 0.4) is 0 Å². The van der Waals surface area contributed by atoms with Crippen LogP contribution in [0.15, 0.2) is 212 Å². The molecule has 0 saturated carbocycles. The van der Waals surface area contributed by atoms with Gasteiger partial charge in [-0.15, -0.1) is 0 Å². The summed E-state index contributed by atoms with van der Waals surface area (Å²) in [6.45, 7) is 30.7. The number of amides is 2. The normalized spacial score (nSPS) is 14.9. The molecule has 8 aromatic rings. The Labute approximate surface area is 583 Å². The number of nitrogens with zero attached hydrogens (tertiary/aromatic N) is 1. The maximum atomic E-state index is 14.0. The van der Waals surface area contributed by atoms with Crippen LogP contribution in [0.1, 0.15) is 145 Å². The first-order valence-corrected chi connectivity index (χ1v) is 35.2. The van der Waals surface area contributed by atoms with Crippen molar-refractivity contribution in [2.45, 2.75) is 164 Å². The monoisotopic (exact) mass is 1410 g/mol. The number of benzene rings is 8. The van der Waals surface area contributed by atoms with Gasteiger partial charge in [0.1, 0.15) is 5.75 Å². The van der Waals surface area contributed by atoms with Gasteiger partial charge in [-0.05, 0) is 172 Å². The molecule has 16 heteroatoms. The number of rotatable bonds is 16. The van der Waals surface area contributed by atoms with Gasteiger partial charge in [0.05, 0.1) is 35.6 Å². The van der Waals surface area contributed by atoms with E-state index < -0.39 is 15.8 Å². The zero-order valence-electron chi connectivity index (χ0n) is 57.9. The van der Waals surface area contributed by atoms with E-state index in [4.69, 9.17) is 28.1 Å². The second kappa shape index (κ2) is 36.9. The van der Waals surface area contributed by atoms with Crippen LogP contribution in [-0.2, 0) is 49.3 Å². The van der Waals surface area contributed by atoms with Gasteiger partial charge in [-0.3, -0.25) is 15.0 Å². The van der Waals surface area contributed by atoms with Gasteiger partial charge in [-0.1, -0.05) is 246 Å². The minimum absolute atomic E-state index is 0. The Morgan fingerprint density at radius 2 is 0.947 bits per heavy atom. The van der Waals surface area contributed by atoms with Gasteiger partial charge >= 0.3 is 14.8 Å². The van der Waals surface area contributed by atoms with Gasteiger partial charge in [-0.25, -0.2) is 5.01 Å². The van der Waals surface area contributed by atoms with Crippen molar-refractivity contribution in [2.75, 3.05) is 7.11 Å². The van der Waals surface area contributed by atoms with Crippen molar-refractivity contribution >= 4 is 91.6 Å². The molecular formula is C78H96B2ClN2O8P2Rh-. The van der Waals surface area contributed by atoms with E-state index >= 15 is 0 Å². The third kappa shape index (κ3) is 22.0.